The van der Waals surface area contributed by atoms with E-state index in [1.807, 2.05) is 62.9 Å². The molecule has 192 valence electrons. The molecular formula is C29H29N7O2. The molecule has 9 nitrogen and oxygen atoms in total. The van der Waals surface area contributed by atoms with Crippen molar-refractivity contribution in [2.75, 3.05) is 20.3 Å². The number of ether oxygens (including phenoxy) is 1. The van der Waals surface area contributed by atoms with Crippen LogP contribution >= 0.6 is 0 Å². The first-order valence-corrected chi connectivity index (χ1v) is 12.1. The van der Waals surface area contributed by atoms with Gasteiger partial charge in [0.05, 0.1) is 41.8 Å². The standard InChI is InChI=1S/C20H21N5O.C9H8N2O/c1-12-16-10-15(6-7-18(16)24-23-12)19-17(11-21)13(2)25(8-9-26-5)14(3)20(19)22-4;1-6-8-4-7(5-12)2-3-9(8)11-10-6/h6-7,10,19H,8-9H2,1-3,5H3,(H,23,24);2-5H,1H3,(H,10,11). The van der Waals surface area contributed by atoms with E-state index in [1.165, 1.54) is 0 Å². The van der Waals surface area contributed by atoms with Crippen LogP contribution in [0.1, 0.15) is 47.1 Å². The number of rotatable bonds is 5. The van der Waals surface area contributed by atoms with Crippen LogP contribution in [0.4, 0.5) is 0 Å². The highest BCUT2D eigenvalue weighted by atomic mass is 16.5. The molecule has 2 N–H and O–H groups in total. The van der Waals surface area contributed by atoms with Gasteiger partial charge in [0.1, 0.15) is 6.29 Å². The minimum atomic E-state index is -0.352. The summed E-state index contributed by atoms with van der Waals surface area (Å²) in [7, 11) is 1.65. The normalized spacial score (nSPS) is 15.3. The van der Waals surface area contributed by atoms with Gasteiger partial charge < -0.3 is 9.64 Å². The first-order valence-electron chi connectivity index (χ1n) is 12.1. The van der Waals surface area contributed by atoms with Gasteiger partial charge in [-0.1, -0.05) is 6.07 Å². The maximum absolute atomic E-state index is 10.5. The molecule has 0 saturated carbocycles. The smallest absolute Gasteiger partial charge is 0.196 e. The van der Waals surface area contributed by atoms with Crippen LogP contribution in [-0.2, 0) is 4.74 Å². The zero-order chi connectivity index (χ0) is 27.4. The van der Waals surface area contributed by atoms with E-state index in [0.717, 1.165) is 56.4 Å². The molecule has 0 spiro atoms. The fourth-order valence-corrected chi connectivity index (χ4v) is 4.79. The van der Waals surface area contributed by atoms with E-state index in [0.29, 0.717) is 30.0 Å². The Morgan fingerprint density at radius 1 is 1.05 bits per heavy atom. The van der Waals surface area contributed by atoms with Gasteiger partial charge in [-0.15, -0.1) is 0 Å². The van der Waals surface area contributed by atoms with Gasteiger partial charge in [0.2, 0.25) is 0 Å². The van der Waals surface area contributed by atoms with Crippen LogP contribution in [0.3, 0.4) is 0 Å². The molecule has 2 aromatic carbocycles. The largest absolute Gasteiger partial charge is 0.383 e. The number of benzene rings is 2. The number of nitrogens with zero attached hydrogens (tertiary/aromatic N) is 5. The molecule has 1 atom stereocenters. The number of aryl methyl sites for hydroxylation is 2. The van der Waals surface area contributed by atoms with Crippen LogP contribution in [0.5, 0.6) is 0 Å². The Balaban J connectivity index is 0.000000232. The van der Waals surface area contributed by atoms with Gasteiger partial charge in [-0.2, -0.15) is 15.5 Å². The maximum Gasteiger partial charge on any atom is 0.196 e. The monoisotopic (exact) mass is 507 g/mol. The number of fused-ring (bicyclic) bond motifs is 2. The highest BCUT2D eigenvalue weighted by molar-refractivity contribution is 5.88. The summed E-state index contributed by atoms with van der Waals surface area (Å²) >= 11 is 0. The summed E-state index contributed by atoms with van der Waals surface area (Å²) in [6.07, 6.45) is 0.839. The van der Waals surface area contributed by atoms with E-state index >= 15 is 0 Å². The van der Waals surface area contributed by atoms with Crippen molar-refractivity contribution in [3.8, 4) is 6.07 Å². The predicted octanol–water partition coefficient (Wildman–Crippen LogP) is 5.55. The molecular weight excluding hydrogens is 478 g/mol. The SMILES string of the molecule is Cc1[nH]nc2ccc(C=O)cc12.[C-]#[N+]C1=C(C)N(CCOC)C(C)=C(C#N)C1c1ccc2n[nH]c(C)c2c1. The average Bonchev–Trinajstić information content (AvgIpc) is 3.50. The Morgan fingerprint density at radius 2 is 1.68 bits per heavy atom. The molecule has 0 bridgehead atoms. The van der Waals surface area contributed by atoms with Crippen molar-refractivity contribution in [3.05, 3.63) is 93.0 Å². The van der Waals surface area contributed by atoms with Crippen LogP contribution < -0.4 is 0 Å². The van der Waals surface area contributed by atoms with Crippen LogP contribution in [0, 0.1) is 31.8 Å². The van der Waals surface area contributed by atoms with Crippen molar-refractivity contribution in [1.29, 1.82) is 5.26 Å². The predicted molar refractivity (Wildman–Crippen MR) is 146 cm³/mol. The van der Waals surface area contributed by atoms with Crippen LogP contribution in [-0.4, -0.2) is 51.8 Å². The minimum Gasteiger partial charge on any atom is -0.383 e. The second-order valence-corrected chi connectivity index (χ2v) is 9.14. The van der Waals surface area contributed by atoms with E-state index in [4.69, 9.17) is 11.3 Å². The summed E-state index contributed by atoms with van der Waals surface area (Å²) in [5.74, 6) is -0.352. The third kappa shape index (κ3) is 4.80. The van der Waals surface area contributed by atoms with Crippen LogP contribution in [0.25, 0.3) is 26.7 Å². The summed E-state index contributed by atoms with van der Waals surface area (Å²) in [5.41, 5.74) is 8.33. The highest BCUT2D eigenvalue weighted by Gasteiger charge is 2.33. The van der Waals surface area contributed by atoms with Gasteiger partial charge in [0.25, 0.3) is 0 Å². The Hall–Kier alpha value is -4.73. The molecule has 0 amide bonds. The average molecular weight is 508 g/mol. The van der Waals surface area contributed by atoms with Crippen molar-refractivity contribution in [2.24, 2.45) is 0 Å². The lowest BCUT2D eigenvalue weighted by molar-refractivity contribution is 0.112. The molecule has 4 aromatic rings. The summed E-state index contributed by atoms with van der Waals surface area (Å²) in [4.78, 5) is 16.3. The molecule has 0 aliphatic carbocycles. The molecule has 2 aromatic heterocycles. The number of carbonyl (C=O) groups is 1. The number of aldehydes is 1. The number of nitrogens with one attached hydrogen (secondary N) is 2. The van der Waals surface area contributed by atoms with Crippen LogP contribution in [0.15, 0.2) is 59.1 Å². The van der Waals surface area contributed by atoms with Gasteiger partial charge in [-0.05, 0) is 63.6 Å². The molecule has 0 fully saturated rings. The molecule has 9 heteroatoms. The van der Waals surface area contributed by atoms with Crippen molar-refractivity contribution in [3.63, 3.8) is 0 Å². The fourth-order valence-electron chi connectivity index (χ4n) is 4.79. The second kappa shape index (κ2) is 11.1. The van der Waals surface area contributed by atoms with E-state index in [-0.39, 0.29) is 5.92 Å². The zero-order valence-electron chi connectivity index (χ0n) is 22.1. The number of aromatic amines is 2. The summed E-state index contributed by atoms with van der Waals surface area (Å²) in [6.45, 7) is 16.7. The highest BCUT2D eigenvalue weighted by Crippen LogP contribution is 2.42. The first-order chi connectivity index (χ1) is 18.3. The number of nitriles is 1. The molecule has 0 saturated heterocycles. The van der Waals surface area contributed by atoms with E-state index < -0.39 is 0 Å². The first kappa shape index (κ1) is 26.3. The lowest BCUT2D eigenvalue weighted by atomic mass is 9.83. The summed E-state index contributed by atoms with van der Waals surface area (Å²) in [6, 6.07) is 13.7. The third-order valence-electron chi connectivity index (χ3n) is 6.90. The molecule has 38 heavy (non-hydrogen) atoms. The van der Waals surface area contributed by atoms with E-state index in [9.17, 15) is 10.1 Å². The third-order valence-corrected chi connectivity index (χ3v) is 6.90. The van der Waals surface area contributed by atoms with Gasteiger partial charge in [0, 0.05) is 52.8 Å². The Bertz CT molecular complexity index is 1620. The molecule has 3 heterocycles. The second-order valence-electron chi connectivity index (χ2n) is 9.14. The van der Waals surface area contributed by atoms with Crippen molar-refractivity contribution >= 4 is 28.1 Å². The van der Waals surface area contributed by atoms with Gasteiger partial charge in [-0.25, -0.2) is 4.85 Å². The fraction of sp³-hybridized carbons (Fsp3) is 0.276. The lowest BCUT2D eigenvalue weighted by Gasteiger charge is -2.35. The topological polar surface area (TPSA) is 115 Å². The van der Waals surface area contributed by atoms with Crippen molar-refractivity contribution in [2.45, 2.75) is 33.6 Å². The summed E-state index contributed by atoms with van der Waals surface area (Å²) < 4.78 is 5.19. The molecule has 1 unspecified atom stereocenters. The number of aromatic nitrogens is 4. The molecule has 1 aliphatic rings. The number of hydrogen-bond acceptors (Lipinski definition) is 6. The molecule has 0 radical (unpaired) electrons. The lowest BCUT2D eigenvalue weighted by Crippen LogP contribution is -2.31. The van der Waals surface area contributed by atoms with E-state index in [1.54, 1.807) is 13.2 Å². The maximum atomic E-state index is 10.5. The van der Waals surface area contributed by atoms with Crippen molar-refractivity contribution < 1.29 is 9.53 Å². The Morgan fingerprint density at radius 3 is 2.26 bits per heavy atom. The van der Waals surface area contributed by atoms with Crippen molar-refractivity contribution in [1.82, 2.24) is 25.3 Å². The Labute approximate surface area is 221 Å². The quantitative estimate of drug-likeness (QED) is 0.270. The number of methoxy groups -OCH3 is 1. The summed E-state index contributed by atoms with van der Waals surface area (Å²) in [5, 5.41) is 26.0. The minimum absolute atomic E-state index is 0.352. The molecule has 1 aliphatic heterocycles. The van der Waals surface area contributed by atoms with Gasteiger partial charge in [-0.3, -0.25) is 15.0 Å². The molecule has 5 rings (SSSR count). The Kier molecular flexibility index (Phi) is 7.71. The number of carbonyl (C=O) groups excluding carboxylic acids is 1. The van der Waals surface area contributed by atoms with Gasteiger partial charge in [0.15, 0.2) is 5.70 Å². The van der Waals surface area contributed by atoms with Crippen LogP contribution in [0.2, 0.25) is 0 Å². The number of H-pyrrole nitrogens is 2. The van der Waals surface area contributed by atoms with E-state index in [2.05, 4.69) is 31.3 Å². The number of allylic oxidation sites excluding steroid dienone is 3. The zero-order valence-corrected chi connectivity index (χ0v) is 22.1. The number of hydrogen-bond donors (Lipinski definition) is 2. The van der Waals surface area contributed by atoms with Gasteiger partial charge >= 0.3 is 0 Å².